The van der Waals surface area contributed by atoms with Gasteiger partial charge in [-0.25, -0.2) is 9.00 Å². The number of nitrogens with zero attached hydrogens (tertiary/aromatic N) is 1. The lowest BCUT2D eigenvalue weighted by Gasteiger charge is -2.39. The highest BCUT2D eigenvalue weighted by Gasteiger charge is 2.53. The molecule has 0 bridgehead atoms. The van der Waals surface area contributed by atoms with Crippen molar-refractivity contribution in [2.75, 3.05) is 6.61 Å². The van der Waals surface area contributed by atoms with E-state index in [1.54, 1.807) is 6.92 Å². The number of carboxylic acids is 1. The van der Waals surface area contributed by atoms with Crippen LogP contribution in [0.15, 0.2) is 33.4 Å². The van der Waals surface area contributed by atoms with Crippen molar-refractivity contribution in [2.45, 2.75) is 26.3 Å². The molecule has 2 aliphatic heterocycles. The van der Waals surface area contributed by atoms with Crippen LogP contribution in [0, 0.1) is 0 Å². The molecule has 2 atom stereocenters. The summed E-state index contributed by atoms with van der Waals surface area (Å²) in [5, 5.41) is 22.0. The Hall–Kier alpha value is -2.26. The van der Waals surface area contributed by atoms with E-state index in [-0.39, 0.29) is 29.5 Å². The quantitative estimate of drug-likeness (QED) is 0.460. The Labute approximate surface area is 134 Å². The number of carbonyl (C=O) groups is 3. The van der Waals surface area contributed by atoms with Crippen LogP contribution in [0.3, 0.4) is 0 Å². The molecule has 2 aliphatic rings. The lowest BCUT2D eigenvalue weighted by atomic mass is 9.90. The van der Waals surface area contributed by atoms with Crippen LogP contribution < -0.4 is 5.32 Å². The number of aliphatic carboxylic acids is 1. The Morgan fingerprint density at radius 3 is 2.61 bits per heavy atom. The fourth-order valence-corrected chi connectivity index (χ4v) is 3.64. The van der Waals surface area contributed by atoms with Crippen molar-refractivity contribution in [3.05, 3.63) is 33.4 Å². The highest BCUT2D eigenvalue weighted by molar-refractivity contribution is 7.91. The molecule has 0 aromatic carbocycles. The zero-order chi connectivity index (χ0) is 17.3. The van der Waals surface area contributed by atoms with E-state index in [9.17, 15) is 23.7 Å². The minimum absolute atomic E-state index is 0.109. The number of carbonyl (C=O) groups excluding carboxylic acids is 2. The van der Waals surface area contributed by atoms with Gasteiger partial charge in [0.1, 0.15) is 5.70 Å². The molecular formula is C14H16N2O6S. The molecule has 2 amide bonds. The van der Waals surface area contributed by atoms with Gasteiger partial charge in [0.05, 0.1) is 28.4 Å². The van der Waals surface area contributed by atoms with Gasteiger partial charge in [-0.3, -0.25) is 14.5 Å². The van der Waals surface area contributed by atoms with E-state index in [1.165, 1.54) is 13.1 Å². The van der Waals surface area contributed by atoms with Gasteiger partial charge in [0, 0.05) is 30.5 Å². The van der Waals surface area contributed by atoms with E-state index in [0.29, 0.717) is 11.1 Å². The summed E-state index contributed by atoms with van der Waals surface area (Å²) in [5.41, 5.74) is 0.547. The van der Waals surface area contributed by atoms with Crippen molar-refractivity contribution < 1.29 is 28.8 Å². The van der Waals surface area contributed by atoms with Crippen LogP contribution in [0.5, 0.6) is 0 Å². The average Bonchev–Trinajstić information content (AvgIpc) is 2.82. The standard InChI is InChI=1S/C14H16N2O6S/c1-7(6-17)11-9-5-10(23(22)4-3-15-8(2)18)12(14(20)21)16(9)13(11)19/h3-4,9,17H,5-6H2,1-2H3,(H,15,18)(H,20,21). The number of amides is 2. The van der Waals surface area contributed by atoms with E-state index >= 15 is 0 Å². The summed E-state index contributed by atoms with van der Waals surface area (Å²) >= 11 is 0. The number of rotatable bonds is 5. The van der Waals surface area contributed by atoms with E-state index < -0.39 is 28.7 Å². The smallest absolute Gasteiger partial charge is 0.353 e. The molecule has 9 heteroatoms. The Morgan fingerprint density at radius 1 is 1.43 bits per heavy atom. The van der Waals surface area contributed by atoms with E-state index in [0.717, 1.165) is 10.3 Å². The van der Waals surface area contributed by atoms with Crippen LogP contribution >= 0.6 is 0 Å². The fraction of sp³-hybridized carbons (Fsp3) is 0.357. The van der Waals surface area contributed by atoms with Gasteiger partial charge in [-0.05, 0) is 12.5 Å². The third-order valence-electron chi connectivity index (χ3n) is 3.60. The maximum Gasteiger partial charge on any atom is 0.353 e. The second kappa shape index (κ2) is 6.47. The van der Waals surface area contributed by atoms with Crippen molar-refractivity contribution in [2.24, 2.45) is 0 Å². The Balaban J connectivity index is 2.32. The predicted molar refractivity (Wildman–Crippen MR) is 80.8 cm³/mol. The van der Waals surface area contributed by atoms with Gasteiger partial charge in [0.15, 0.2) is 0 Å². The lowest BCUT2D eigenvalue weighted by Crippen LogP contribution is -2.53. The molecular weight excluding hydrogens is 324 g/mol. The number of β-lactam (4-membered cyclic amide) rings is 1. The van der Waals surface area contributed by atoms with Gasteiger partial charge in [-0.2, -0.15) is 0 Å². The van der Waals surface area contributed by atoms with Crippen LogP contribution in [0.1, 0.15) is 20.3 Å². The molecule has 0 aromatic heterocycles. The highest BCUT2D eigenvalue weighted by atomic mass is 32.2. The van der Waals surface area contributed by atoms with Crippen molar-refractivity contribution in [3.8, 4) is 0 Å². The molecule has 23 heavy (non-hydrogen) atoms. The van der Waals surface area contributed by atoms with Crippen molar-refractivity contribution in [1.82, 2.24) is 10.2 Å². The zero-order valence-electron chi connectivity index (χ0n) is 12.5. The zero-order valence-corrected chi connectivity index (χ0v) is 13.3. The second-order valence-corrected chi connectivity index (χ2v) is 6.48. The summed E-state index contributed by atoms with van der Waals surface area (Å²) in [6, 6.07) is -0.506. The van der Waals surface area contributed by atoms with Gasteiger partial charge >= 0.3 is 5.97 Å². The maximum atomic E-state index is 12.3. The topological polar surface area (TPSA) is 124 Å². The number of carboxylic acid groups (broad SMARTS) is 1. The first-order valence-electron chi connectivity index (χ1n) is 6.74. The van der Waals surface area contributed by atoms with Gasteiger partial charge in [-0.15, -0.1) is 0 Å². The number of aliphatic hydroxyl groups excluding tert-OH is 1. The molecule has 1 fully saturated rings. The Morgan fingerprint density at radius 2 is 2.09 bits per heavy atom. The molecule has 124 valence electrons. The molecule has 3 N–H and O–H groups in total. The molecule has 0 saturated carbocycles. The predicted octanol–water partition coefficient (Wildman–Crippen LogP) is -0.438. The molecule has 0 aliphatic carbocycles. The summed E-state index contributed by atoms with van der Waals surface area (Å²) in [6.45, 7) is 2.58. The summed E-state index contributed by atoms with van der Waals surface area (Å²) in [5.74, 6) is -2.17. The van der Waals surface area contributed by atoms with Gasteiger partial charge in [0.2, 0.25) is 5.91 Å². The molecule has 2 rings (SSSR count). The number of hydrogen-bond acceptors (Lipinski definition) is 5. The minimum atomic E-state index is -1.78. The molecule has 8 nitrogen and oxygen atoms in total. The van der Waals surface area contributed by atoms with Crippen molar-refractivity contribution in [1.29, 1.82) is 0 Å². The van der Waals surface area contributed by atoms with Crippen LogP contribution in [-0.4, -0.2) is 49.8 Å². The largest absolute Gasteiger partial charge is 0.477 e. The SMILES string of the molecule is CC(=O)NC=CS(=O)C1=C(C(=O)O)N2C(=O)C(=C(C)CO)C2C1. The second-order valence-electron chi connectivity index (χ2n) is 5.12. The molecule has 2 heterocycles. The first-order valence-corrected chi connectivity index (χ1v) is 7.95. The van der Waals surface area contributed by atoms with Crippen LogP contribution in [-0.2, 0) is 25.2 Å². The molecule has 0 spiro atoms. The summed E-state index contributed by atoms with van der Waals surface area (Å²) in [4.78, 5) is 35.5. The lowest BCUT2D eigenvalue weighted by molar-refractivity contribution is -0.142. The fourth-order valence-electron chi connectivity index (χ4n) is 2.58. The first kappa shape index (κ1) is 17.1. The first-order chi connectivity index (χ1) is 10.8. The Bertz CT molecular complexity index is 706. The van der Waals surface area contributed by atoms with Crippen LogP contribution in [0.4, 0.5) is 0 Å². The number of nitrogens with one attached hydrogen (secondary N) is 1. The third kappa shape index (κ3) is 2.97. The van der Waals surface area contributed by atoms with E-state index in [1.807, 2.05) is 0 Å². The summed E-state index contributed by atoms with van der Waals surface area (Å²) < 4.78 is 12.3. The van der Waals surface area contributed by atoms with Gasteiger partial charge in [0.25, 0.3) is 5.91 Å². The third-order valence-corrected chi connectivity index (χ3v) is 4.83. The highest BCUT2D eigenvalue weighted by Crippen LogP contribution is 2.44. The van der Waals surface area contributed by atoms with Crippen LogP contribution in [0.2, 0.25) is 0 Å². The molecule has 0 radical (unpaired) electrons. The molecule has 1 saturated heterocycles. The van der Waals surface area contributed by atoms with Gasteiger partial charge < -0.3 is 15.5 Å². The number of hydrogen-bond donors (Lipinski definition) is 3. The monoisotopic (exact) mass is 340 g/mol. The van der Waals surface area contributed by atoms with E-state index in [2.05, 4.69) is 5.32 Å². The van der Waals surface area contributed by atoms with Crippen LogP contribution in [0.25, 0.3) is 0 Å². The maximum absolute atomic E-state index is 12.3. The summed E-state index contributed by atoms with van der Waals surface area (Å²) in [6.07, 6.45) is 1.30. The number of fused-ring (bicyclic) bond motifs is 1. The Kier molecular flexibility index (Phi) is 4.81. The number of aliphatic hydroxyl groups is 1. The normalized spacial score (nSPS) is 23.7. The van der Waals surface area contributed by atoms with Crippen molar-refractivity contribution in [3.63, 3.8) is 0 Å². The minimum Gasteiger partial charge on any atom is -0.477 e. The molecule has 0 aromatic rings. The van der Waals surface area contributed by atoms with Crippen molar-refractivity contribution >= 4 is 28.6 Å². The van der Waals surface area contributed by atoms with Gasteiger partial charge in [-0.1, -0.05) is 0 Å². The molecule has 2 unspecified atom stereocenters. The average molecular weight is 340 g/mol. The van der Waals surface area contributed by atoms with E-state index in [4.69, 9.17) is 5.11 Å². The summed E-state index contributed by atoms with van der Waals surface area (Å²) in [7, 11) is -1.78.